The van der Waals surface area contributed by atoms with Crippen molar-refractivity contribution in [2.24, 2.45) is 0 Å². The lowest BCUT2D eigenvalue weighted by molar-refractivity contribution is 0.624. The van der Waals surface area contributed by atoms with Gasteiger partial charge in [0.15, 0.2) is 0 Å². The topological polar surface area (TPSA) is 0 Å². The zero-order valence-corrected chi connectivity index (χ0v) is 7.93. The van der Waals surface area contributed by atoms with Crippen LogP contribution in [0.4, 0.5) is 4.39 Å². The van der Waals surface area contributed by atoms with Gasteiger partial charge >= 0.3 is 0 Å². The molecule has 0 unspecified atom stereocenters. The zero-order valence-electron chi connectivity index (χ0n) is 5.77. The monoisotopic (exact) mass is 260 g/mol. The van der Waals surface area contributed by atoms with Gasteiger partial charge in [-0.15, -0.1) is 0 Å². The zero-order chi connectivity index (χ0) is 8.10. The number of hydrogen-bond donors (Lipinski definition) is 0. The third-order valence-corrected chi connectivity index (χ3v) is 1.55. The normalized spacial score (nSPS) is 8.55. The Kier molecular flexibility index (Phi) is 3.37. The molecule has 2 heteroatoms. The molecule has 0 nitrogen and oxygen atoms in total. The number of alkyl halides is 1. The molecule has 0 atom stereocenters. The third kappa shape index (κ3) is 2.51. The first-order chi connectivity index (χ1) is 5.34. The Bertz CT molecular complexity index is 296. The van der Waals surface area contributed by atoms with Crippen LogP contribution in [0.3, 0.4) is 0 Å². The van der Waals surface area contributed by atoms with E-state index in [9.17, 15) is 4.39 Å². The molecule has 1 rings (SSSR count). The maximum absolute atomic E-state index is 12.8. The van der Waals surface area contributed by atoms with E-state index in [1.54, 1.807) is 18.2 Å². The summed E-state index contributed by atoms with van der Waals surface area (Å²) in [5.74, 6) is 5.29. The summed E-state index contributed by atoms with van der Waals surface area (Å²) in [6.45, 7) is 0. The SMILES string of the molecule is Fc1ccccc1C#CCI. The smallest absolute Gasteiger partial charge is 0.138 e. The van der Waals surface area contributed by atoms with Crippen molar-refractivity contribution in [3.8, 4) is 11.8 Å². The second kappa shape index (κ2) is 4.35. The summed E-state index contributed by atoms with van der Waals surface area (Å²) in [5, 5.41) is 0. The van der Waals surface area contributed by atoms with Crippen molar-refractivity contribution >= 4 is 22.6 Å². The van der Waals surface area contributed by atoms with E-state index in [1.807, 2.05) is 0 Å². The highest BCUT2D eigenvalue weighted by Crippen LogP contribution is 2.03. The Labute approximate surface area is 79.0 Å². The van der Waals surface area contributed by atoms with E-state index in [0.717, 1.165) is 4.43 Å². The molecule has 56 valence electrons. The minimum absolute atomic E-state index is 0.246. The van der Waals surface area contributed by atoms with Gasteiger partial charge in [0, 0.05) is 0 Å². The van der Waals surface area contributed by atoms with Gasteiger partial charge in [-0.2, -0.15) is 0 Å². The molecule has 0 aliphatic heterocycles. The van der Waals surface area contributed by atoms with Gasteiger partial charge in [-0.05, 0) is 12.1 Å². The number of halogens is 2. The van der Waals surface area contributed by atoms with Gasteiger partial charge in [-0.25, -0.2) is 4.39 Å². The Morgan fingerprint density at radius 1 is 1.36 bits per heavy atom. The molecular formula is C9H6FI. The summed E-state index contributed by atoms with van der Waals surface area (Å²) in [6.07, 6.45) is 0. The van der Waals surface area contributed by atoms with Gasteiger partial charge in [0.1, 0.15) is 5.82 Å². The Hall–Kier alpha value is -0.560. The molecule has 0 N–H and O–H groups in total. The standard InChI is InChI=1S/C9H6FI/c10-9-6-2-1-4-8(9)5-3-7-11/h1-2,4,6H,7H2. The highest BCUT2D eigenvalue weighted by molar-refractivity contribution is 14.1. The van der Waals surface area contributed by atoms with Crippen LogP contribution in [0, 0.1) is 17.7 Å². The summed E-state index contributed by atoms with van der Waals surface area (Å²) >= 11 is 2.13. The molecule has 0 saturated carbocycles. The molecule has 0 spiro atoms. The molecule has 0 aliphatic carbocycles. The van der Waals surface area contributed by atoms with Crippen LogP contribution in [0.15, 0.2) is 24.3 Å². The molecule has 0 heterocycles. The summed E-state index contributed by atoms with van der Waals surface area (Å²) in [5.41, 5.74) is 0.476. The quantitative estimate of drug-likeness (QED) is 0.382. The fraction of sp³-hybridized carbons (Fsp3) is 0.111. The van der Waals surface area contributed by atoms with Crippen molar-refractivity contribution in [1.82, 2.24) is 0 Å². The van der Waals surface area contributed by atoms with E-state index in [-0.39, 0.29) is 5.82 Å². The lowest BCUT2D eigenvalue weighted by Gasteiger charge is -1.89. The van der Waals surface area contributed by atoms with Gasteiger partial charge in [0.2, 0.25) is 0 Å². The molecule has 1 aromatic rings. The van der Waals surface area contributed by atoms with Gasteiger partial charge < -0.3 is 0 Å². The second-order valence-corrected chi connectivity index (χ2v) is 2.68. The average Bonchev–Trinajstić information content (AvgIpc) is 2.03. The van der Waals surface area contributed by atoms with Gasteiger partial charge in [-0.3, -0.25) is 0 Å². The summed E-state index contributed by atoms with van der Waals surface area (Å²) in [7, 11) is 0. The molecule has 0 saturated heterocycles. The van der Waals surface area contributed by atoms with Crippen LogP contribution >= 0.6 is 22.6 Å². The maximum Gasteiger partial charge on any atom is 0.138 e. The Balaban J connectivity index is 2.95. The highest BCUT2D eigenvalue weighted by Gasteiger charge is 1.93. The maximum atomic E-state index is 12.8. The molecule has 0 amide bonds. The lowest BCUT2D eigenvalue weighted by atomic mass is 10.2. The van der Waals surface area contributed by atoms with E-state index in [1.165, 1.54) is 6.07 Å². The largest absolute Gasteiger partial charge is 0.206 e. The molecule has 1 aromatic carbocycles. The summed E-state index contributed by atoms with van der Waals surface area (Å²) < 4.78 is 13.5. The average molecular weight is 260 g/mol. The second-order valence-electron chi connectivity index (χ2n) is 1.92. The molecule has 0 bridgehead atoms. The first-order valence-corrected chi connectivity index (χ1v) is 4.66. The number of hydrogen-bond acceptors (Lipinski definition) is 0. The predicted molar refractivity (Wildman–Crippen MR) is 52.2 cm³/mol. The molecule has 0 aromatic heterocycles. The van der Waals surface area contributed by atoms with Crippen molar-refractivity contribution in [1.29, 1.82) is 0 Å². The van der Waals surface area contributed by atoms with E-state index >= 15 is 0 Å². The Morgan fingerprint density at radius 2 is 2.09 bits per heavy atom. The van der Waals surface area contributed by atoms with Crippen molar-refractivity contribution in [3.05, 3.63) is 35.6 Å². The fourth-order valence-corrected chi connectivity index (χ4v) is 0.882. The molecular weight excluding hydrogens is 254 g/mol. The summed E-state index contributed by atoms with van der Waals surface area (Å²) in [4.78, 5) is 0. The van der Waals surface area contributed by atoms with E-state index < -0.39 is 0 Å². The third-order valence-electron chi connectivity index (χ3n) is 1.16. The van der Waals surface area contributed by atoms with Crippen LogP contribution in [0.1, 0.15) is 5.56 Å². The Morgan fingerprint density at radius 3 is 2.73 bits per heavy atom. The first-order valence-electron chi connectivity index (χ1n) is 3.14. The minimum atomic E-state index is -0.246. The van der Waals surface area contributed by atoms with Crippen LogP contribution in [0.5, 0.6) is 0 Å². The summed E-state index contributed by atoms with van der Waals surface area (Å²) in [6, 6.07) is 6.52. The van der Waals surface area contributed by atoms with Gasteiger partial charge in [0.05, 0.1) is 9.99 Å². The van der Waals surface area contributed by atoms with Gasteiger partial charge in [-0.1, -0.05) is 46.6 Å². The van der Waals surface area contributed by atoms with Crippen LogP contribution in [-0.2, 0) is 0 Å². The molecule has 0 aliphatic rings. The molecule has 0 fully saturated rings. The van der Waals surface area contributed by atoms with Crippen LogP contribution in [-0.4, -0.2) is 4.43 Å². The van der Waals surface area contributed by atoms with Crippen molar-refractivity contribution in [2.75, 3.05) is 4.43 Å². The van der Waals surface area contributed by atoms with Crippen LogP contribution in [0.2, 0.25) is 0 Å². The van der Waals surface area contributed by atoms with Crippen LogP contribution in [0.25, 0.3) is 0 Å². The van der Waals surface area contributed by atoms with Crippen LogP contribution < -0.4 is 0 Å². The molecule has 0 radical (unpaired) electrons. The lowest BCUT2D eigenvalue weighted by Crippen LogP contribution is -1.80. The van der Waals surface area contributed by atoms with E-state index in [0.29, 0.717) is 5.56 Å². The van der Waals surface area contributed by atoms with Crippen molar-refractivity contribution in [2.45, 2.75) is 0 Å². The highest BCUT2D eigenvalue weighted by atomic mass is 127. The minimum Gasteiger partial charge on any atom is -0.206 e. The van der Waals surface area contributed by atoms with E-state index in [2.05, 4.69) is 34.4 Å². The van der Waals surface area contributed by atoms with Crippen molar-refractivity contribution < 1.29 is 4.39 Å². The predicted octanol–water partition coefficient (Wildman–Crippen LogP) is 2.61. The number of rotatable bonds is 0. The molecule has 11 heavy (non-hydrogen) atoms. The number of benzene rings is 1. The first kappa shape index (κ1) is 8.54. The van der Waals surface area contributed by atoms with Crippen molar-refractivity contribution in [3.63, 3.8) is 0 Å². The fourth-order valence-electron chi connectivity index (χ4n) is 0.691. The van der Waals surface area contributed by atoms with E-state index in [4.69, 9.17) is 0 Å². The van der Waals surface area contributed by atoms with Gasteiger partial charge in [0.25, 0.3) is 0 Å².